The zero-order chi connectivity index (χ0) is 14.7. The predicted molar refractivity (Wildman–Crippen MR) is 80.1 cm³/mol. The monoisotopic (exact) mass is 329 g/mol. The molecule has 1 aromatic heterocycles. The summed E-state index contributed by atoms with van der Waals surface area (Å²) >= 11 is 13.2. The summed E-state index contributed by atoms with van der Waals surface area (Å²) in [5, 5.41) is 13.8. The van der Waals surface area contributed by atoms with E-state index in [1.54, 1.807) is 0 Å². The molecule has 0 fully saturated rings. The number of amides is 1. The van der Waals surface area contributed by atoms with Crippen LogP contribution in [0, 0.1) is 0 Å². The highest BCUT2D eigenvalue weighted by atomic mass is 35.5. The first-order chi connectivity index (χ1) is 9.47. The number of anilines is 1. The topological polar surface area (TPSA) is 66.4 Å². The van der Waals surface area contributed by atoms with Gasteiger partial charge in [-0.25, -0.2) is 4.79 Å². The van der Waals surface area contributed by atoms with Gasteiger partial charge < -0.3 is 10.4 Å². The van der Waals surface area contributed by atoms with Crippen LogP contribution in [0.15, 0.2) is 29.6 Å². The van der Waals surface area contributed by atoms with Crippen LogP contribution in [-0.2, 0) is 11.2 Å². The molecule has 0 radical (unpaired) electrons. The Hall–Kier alpha value is -1.56. The highest BCUT2D eigenvalue weighted by Gasteiger charge is 2.17. The van der Waals surface area contributed by atoms with Gasteiger partial charge in [0.15, 0.2) is 0 Å². The van der Waals surface area contributed by atoms with Gasteiger partial charge in [-0.05, 0) is 23.6 Å². The third kappa shape index (κ3) is 3.50. The first-order valence-electron chi connectivity index (χ1n) is 5.52. The SMILES string of the molecule is O=C(Cc1cccs1)Nc1c(Cl)cc(Cl)cc1C(=O)O. The summed E-state index contributed by atoms with van der Waals surface area (Å²) in [5.41, 5.74) is -0.0767. The van der Waals surface area contributed by atoms with Crippen molar-refractivity contribution in [1.29, 1.82) is 0 Å². The second kappa shape index (κ2) is 6.26. The molecule has 0 spiro atoms. The van der Waals surface area contributed by atoms with Crippen molar-refractivity contribution in [3.63, 3.8) is 0 Å². The number of halogens is 2. The van der Waals surface area contributed by atoms with Crippen molar-refractivity contribution in [3.05, 3.63) is 50.1 Å². The lowest BCUT2D eigenvalue weighted by Crippen LogP contribution is -2.16. The highest BCUT2D eigenvalue weighted by molar-refractivity contribution is 7.10. The summed E-state index contributed by atoms with van der Waals surface area (Å²) in [4.78, 5) is 23.9. The van der Waals surface area contributed by atoms with E-state index in [9.17, 15) is 9.59 Å². The Labute approximate surface area is 128 Å². The van der Waals surface area contributed by atoms with Crippen LogP contribution in [0.1, 0.15) is 15.2 Å². The molecule has 0 atom stereocenters. The fourth-order valence-corrected chi connectivity index (χ4v) is 2.87. The zero-order valence-corrected chi connectivity index (χ0v) is 12.4. The lowest BCUT2D eigenvalue weighted by molar-refractivity contribution is -0.115. The number of rotatable bonds is 4. The fraction of sp³-hybridized carbons (Fsp3) is 0.0769. The Bertz CT molecular complexity index is 656. The van der Waals surface area contributed by atoms with Crippen molar-refractivity contribution >= 4 is 52.1 Å². The molecule has 0 unspecified atom stereocenters. The molecule has 1 heterocycles. The number of carbonyl (C=O) groups is 2. The van der Waals surface area contributed by atoms with Gasteiger partial charge in [-0.1, -0.05) is 29.3 Å². The number of carboxylic acids is 1. The molecular weight excluding hydrogens is 321 g/mol. The molecule has 0 saturated carbocycles. The molecule has 0 aliphatic rings. The summed E-state index contributed by atoms with van der Waals surface area (Å²) in [6.07, 6.45) is 0.162. The van der Waals surface area contributed by atoms with E-state index < -0.39 is 5.97 Å². The molecule has 7 heteroatoms. The van der Waals surface area contributed by atoms with Gasteiger partial charge in [0.25, 0.3) is 0 Å². The van der Waals surface area contributed by atoms with Gasteiger partial charge in [0.1, 0.15) is 0 Å². The van der Waals surface area contributed by atoms with E-state index in [-0.39, 0.29) is 33.6 Å². The predicted octanol–water partition coefficient (Wildman–Crippen LogP) is 3.93. The Morgan fingerprint density at radius 2 is 2.05 bits per heavy atom. The number of benzene rings is 1. The smallest absolute Gasteiger partial charge is 0.337 e. The normalized spacial score (nSPS) is 10.3. The van der Waals surface area contributed by atoms with Crippen molar-refractivity contribution in [1.82, 2.24) is 0 Å². The van der Waals surface area contributed by atoms with Crippen LogP contribution in [-0.4, -0.2) is 17.0 Å². The minimum Gasteiger partial charge on any atom is -0.478 e. The molecule has 0 bridgehead atoms. The number of carbonyl (C=O) groups excluding carboxylic acids is 1. The molecule has 1 amide bonds. The number of thiophene rings is 1. The van der Waals surface area contributed by atoms with Crippen LogP contribution in [0.2, 0.25) is 10.0 Å². The van der Waals surface area contributed by atoms with Gasteiger partial charge in [-0.2, -0.15) is 0 Å². The molecular formula is C13H9Cl2NO3S. The summed E-state index contributed by atoms with van der Waals surface area (Å²) in [6, 6.07) is 6.30. The van der Waals surface area contributed by atoms with E-state index in [2.05, 4.69) is 5.32 Å². The summed E-state index contributed by atoms with van der Waals surface area (Å²) < 4.78 is 0. The largest absolute Gasteiger partial charge is 0.478 e. The Morgan fingerprint density at radius 1 is 1.30 bits per heavy atom. The van der Waals surface area contributed by atoms with E-state index in [1.165, 1.54) is 23.5 Å². The van der Waals surface area contributed by atoms with Gasteiger partial charge >= 0.3 is 5.97 Å². The van der Waals surface area contributed by atoms with Crippen molar-refractivity contribution in [2.45, 2.75) is 6.42 Å². The number of aromatic carboxylic acids is 1. The Morgan fingerprint density at radius 3 is 2.65 bits per heavy atom. The standard InChI is InChI=1S/C13H9Cl2NO3S/c14-7-4-9(13(18)19)12(10(15)5-7)16-11(17)6-8-2-1-3-20-8/h1-5H,6H2,(H,16,17)(H,18,19). The number of hydrogen-bond acceptors (Lipinski definition) is 3. The molecule has 2 N–H and O–H groups in total. The summed E-state index contributed by atoms with van der Waals surface area (Å²) in [5.74, 6) is -1.54. The molecule has 0 saturated heterocycles. The van der Waals surface area contributed by atoms with Crippen molar-refractivity contribution < 1.29 is 14.7 Å². The van der Waals surface area contributed by atoms with Gasteiger partial charge in [-0.15, -0.1) is 11.3 Å². The van der Waals surface area contributed by atoms with Gasteiger partial charge in [0, 0.05) is 9.90 Å². The first-order valence-corrected chi connectivity index (χ1v) is 7.15. The molecule has 0 aliphatic heterocycles. The van der Waals surface area contributed by atoms with Gasteiger partial charge in [-0.3, -0.25) is 4.79 Å². The average Bonchev–Trinajstić information content (AvgIpc) is 2.84. The lowest BCUT2D eigenvalue weighted by atomic mass is 10.1. The molecule has 20 heavy (non-hydrogen) atoms. The minimum atomic E-state index is -1.21. The molecule has 2 rings (SSSR count). The first kappa shape index (κ1) is 14.8. The van der Waals surface area contributed by atoms with Crippen LogP contribution >= 0.6 is 34.5 Å². The maximum Gasteiger partial charge on any atom is 0.337 e. The maximum atomic E-state index is 11.9. The lowest BCUT2D eigenvalue weighted by Gasteiger charge is -2.10. The third-order valence-corrected chi connectivity index (χ3v) is 3.86. The number of carboxylic acid groups (broad SMARTS) is 1. The molecule has 0 aliphatic carbocycles. The van der Waals surface area contributed by atoms with Crippen LogP contribution < -0.4 is 5.32 Å². The van der Waals surface area contributed by atoms with Crippen molar-refractivity contribution in [2.24, 2.45) is 0 Å². The average molecular weight is 330 g/mol. The maximum absolute atomic E-state index is 11.9. The molecule has 2 aromatic rings. The zero-order valence-electron chi connectivity index (χ0n) is 10.0. The summed E-state index contributed by atoms with van der Waals surface area (Å²) in [7, 11) is 0. The molecule has 4 nitrogen and oxygen atoms in total. The van der Waals surface area contributed by atoms with E-state index in [4.69, 9.17) is 28.3 Å². The fourth-order valence-electron chi connectivity index (χ4n) is 1.62. The highest BCUT2D eigenvalue weighted by Crippen LogP contribution is 2.30. The van der Waals surface area contributed by atoms with Crippen LogP contribution in [0.4, 0.5) is 5.69 Å². The Kier molecular flexibility index (Phi) is 4.65. The van der Waals surface area contributed by atoms with Gasteiger partial charge in [0.2, 0.25) is 5.91 Å². The van der Waals surface area contributed by atoms with Crippen LogP contribution in [0.25, 0.3) is 0 Å². The second-order valence-corrected chi connectivity index (χ2v) is 5.80. The van der Waals surface area contributed by atoms with E-state index in [0.717, 1.165) is 4.88 Å². The Balaban J connectivity index is 2.24. The van der Waals surface area contributed by atoms with Crippen molar-refractivity contribution in [3.8, 4) is 0 Å². The van der Waals surface area contributed by atoms with Crippen LogP contribution in [0.3, 0.4) is 0 Å². The minimum absolute atomic E-state index is 0.0603. The quantitative estimate of drug-likeness (QED) is 0.892. The number of hydrogen-bond donors (Lipinski definition) is 2. The van der Waals surface area contributed by atoms with Gasteiger partial charge in [0.05, 0.1) is 22.7 Å². The number of nitrogens with one attached hydrogen (secondary N) is 1. The third-order valence-electron chi connectivity index (χ3n) is 2.46. The molecule has 1 aromatic carbocycles. The van der Waals surface area contributed by atoms with E-state index in [0.29, 0.717) is 0 Å². The molecule has 104 valence electrons. The summed E-state index contributed by atoms with van der Waals surface area (Å²) in [6.45, 7) is 0. The van der Waals surface area contributed by atoms with E-state index >= 15 is 0 Å². The van der Waals surface area contributed by atoms with E-state index in [1.807, 2.05) is 17.5 Å². The van der Waals surface area contributed by atoms with Crippen LogP contribution in [0.5, 0.6) is 0 Å². The second-order valence-electron chi connectivity index (χ2n) is 3.92. The van der Waals surface area contributed by atoms with Crippen molar-refractivity contribution in [2.75, 3.05) is 5.32 Å².